The van der Waals surface area contributed by atoms with Gasteiger partial charge in [-0.2, -0.15) is 0 Å². The van der Waals surface area contributed by atoms with E-state index in [0.29, 0.717) is 19.3 Å². The molecular formula is C21H33N3O4. The van der Waals surface area contributed by atoms with Gasteiger partial charge in [-0.1, -0.05) is 63.9 Å². The number of aliphatic carboxylic acids is 1. The zero-order valence-electron chi connectivity index (χ0n) is 17.0. The van der Waals surface area contributed by atoms with E-state index in [-0.39, 0.29) is 12.3 Å². The van der Waals surface area contributed by atoms with Crippen LogP contribution in [0.5, 0.6) is 0 Å². The zero-order valence-corrected chi connectivity index (χ0v) is 17.0. The quantitative estimate of drug-likeness (QED) is 0.433. The van der Waals surface area contributed by atoms with Gasteiger partial charge in [-0.3, -0.25) is 9.59 Å². The van der Waals surface area contributed by atoms with E-state index >= 15 is 0 Å². The van der Waals surface area contributed by atoms with Crippen molar-refractivity contribution in [2.24, 2.45) is 11.7 Å². The van der Waals surface area contributed by atoms with Crippen LogP contribution in [0.2, 0.25) is 0 Å². The van der Waals surface area contributed by atoms with Crippen molar-refractivity contribution in [3.05, 3.63) is 35.9 Å². The lowest BCUT2D eigenvalue weighted by Crippen LogP contribution is -2.55. The van der Waals surface area contributed by atoms with Crippen molar-refractivity contribution < 1.29 is 19.5 Å². The first kappa shape index (κ1) is 23.6. The molecule has 0 unspecified atom stereocenters. The van der Waals surface area contributed by atoms with Gasteiger partial charge in [0.1, 0.15) is 12.1 Å². The Morgan fingerprint density at radius 2 is 1.64 bits per heavy atom. The average molecular weight is 392 g/mol. The van der Waals surface area contributed by atoms with E-state index in [2.05, 4.69) is 10.6 Å². The molecule has 0 aromatic heterocycles. The molecule has 0 radical (unpaired) electrons. The molecule has 0 aliphatic heterocycles. The standard InChI is InChI=1S/C21H33N3O4/c1-4-5-11-17(21(27)28)23-20(26)18(13-15-9-7-6-8-10-15)24-19(25)16(22)12-14(2)3/h6-10,14,16-18H,4-5,11-13,22H2,1-3H3,(H,23,26)(H,24,25)(H,27,28)/t16-,17-,18-/m0/s1. The molecule has 1 rings (SSSR count). The Balaban J connectivity index is 2.90. The normalized spacial score (nSPS) is 14.2. The van der Waals surface area contributed by atoms with Crippen LogP contribution in [-0.2, 0) is 20.8 Å². The first-order valence-corrected chi connectivity index (χ1v) is 9.87. The maximum atomic E-state index is 12.8. The van der Waals surface area contributed by atoms with Gasteiger partial charge in [-0.15, -0.1) is 0 Å². The minimum Gasteiger partial charge on any atom is -0.480 e. The predicted molar refractivity (Wildman–Crippen MR) is 109 cm³/mol. The molecule has 0 spiro atoms. The fraction of sp³-hybridized carbons (Fsp3) is 0.571. The molecule has 0 bridgehead atoms. The van der Waals surface area contributed by atoms with Gasteiger partial charge in [-0.25, -0.2) is 4.79 Å². The van der Waals surface area contributed by atoms with E-state index in [9.17, 15) is 19.5 Å². The molecule has 0 aliphatic rings. The van der Waals surface area contributed by atoms with Gasteiger partial charge in [0.05, 0.1) is 6.04 Å². The molecule has 0 saturated carbocycles. The molecular weight excluding hydrogens is 358 g/mol. The van der Waals surface area contributed by atoms with Gasteiger partial charge in [0.15, 0.2) is 0 Å². The fourth-order valence-electron chi connectivity index (χ4n) is 2.89. The number of hydrogen-bond donors (Lipinski definition) is 4. The largest absolute Gasteiger partial charge is 0.480 e. The monoisotopic (exact) mass is 391 g/mol. The zero-order chi connectivity index (χ0) is 21.1. The summed E-state index contributed by atoms with van der Waals surface area (Å²) in [5.74, 6) is -1.77. The summed E-state index contributed by atoms with van der Waals surface area (Å²) in [5, 5.41) is 14.6. The first-order valence-electron chi connectivity index (χ1n) is 9.87. The van der Waals surface area contributed by atoms with Gasteiger partial charge in [0.25, 0.3) is 0 Å². The van der Waals surface area contributed by atoms with Crippen LogP contribution in [0.15, 0.2) is 30.3 Å². The second-order valence-electron chi connectivity index (χ2n) is 7.53. The second-order valence-corrected chi connectivity index (χ2v) is 7.53. The summed E-state index contributed by atoms with van der Waals surface area (Å²) in [5.41, 5.74) is 6.80. The number of benzene rings is 1. The van der Waals surface area contributed by atoms with Crippen LogP contribution in [0, 0.1) is 5.92 Å². The van der Waals surface area contributed by atoms with Crippen molar-refractivity contribution >= 4 is 17.8 Å². The van der Waals surface area contributed by atoms with Crippen molar-refractivity contribution in [3.63, 3.8) is 0 Å². The maximum absolute atomic E-state index is 12.8. The summed E-state index contributed by atoms with van der Waals surface area (Å²) in [6.45, 7) is 5.88. The lowest BCUT2D eigenvalue weighted by atomic mass is 10.0. The molecule has 0 saturated heterocycles. The van der Waals surface area contributed by atoms with Crippen LogP contribution in [0.1, 0.15) is 52.0 Å². The number of rotatable bonds is 12. The molecule has 0 fully saturated rings. The number of carboxylic acids is 1. The summed E-state index contributed by atoms with van der Waals surface area (Å²) in [6, 6.07) is 6.67. The second kappa shape index (κ2) is 12.1. The number of unbranched alkanes of at least 4 members (excludes halogenated alkanes) is 1. The fourth-order valence-corrected chi connectivity index (χ4v) is 2.89. The van der Waals surface area contributed by atoms with Gasteiger partial charge >= 0.3 is 5.97 Å². The number of amides is 2. The van der Waals surface area contributed by atoms with E-state index in [4.69, 9.17) is 5.73 Å². The molecule has 0 heterocycles. The van der Waals surface area contributed by atoms with Crippen molar-refractivity contribution in [1.29, 1.82) is 0 Å². The van der Waals surface area contributed by atoms with Crippen LogP contribution < -0.4 is 16.4 Å². The number of carboxylic acid groups (broad SMARTS) is 1. The number of carbonyl (C=O) groups excluding carboxylic acids is 2. The number of nitrogens with two attached hydrogens (primary N) is 1. The van der Waals surface area contributed by atoms with Crippen molar-refractivity contribution in [2.75, 3.05) is 0 Å². The number of nitrogens with one attached hydrogen (secondary N) is 2. The molecule has 1 aromatic carbocycles. The summed E-state index contributed by atoms with van der Waals surface area (Å²) >= 11 is 0. The Morgan fingerprint density at radius 3 is 2.18 bits per heavy atom. The third kappa shape index (κ3) is 8.52. The Morgan fingerprint density at radius 1 is 1.04 bits per heavy atom. The van der Waals surface area contributed by atoms with Gasteiger partial charge in [-0.05, 0) is 24.3 Å². The lowest BCUT2D eigenvalue weighted by molar-refractivity contribution is -0.142. The smallest absolute Gasteiger partial charge is 0.326 e. The molecule has 3 atom stereocenters. The average Bonchev–Trinajstić information content (AvgIpc) is 2.64. The summed E-state index contributed by atoms with van der Waals surface area (Å²) in [4.78, 5) is 36.7. The lowest BCUT2D eigenvalue weighted by Gasteiger charge is -2.23. The van der Waals surface area contributed by atoms with E-state index in [1.807, 2.05) is 51.1 Å². The number of hydrogen-bond acceptors (Lipinski definition) is 4. The molecule has 0 aliphatic carbocycles. The third-order valence-corrected chi connectivity index (χ3v) is 4.44. The van der Waals surface area contributed by atoms with Crippen molar-refractivity contribution in [1.82, 2.24) is 10.6 Å². The summed E-state index contributed by atoms with van der Waals surface area (Å²) in [6.07, 6.45) is 2.61. The predicted octanol–water partition coefficient (Wildman–Crippen LogP) is 1.85. The Labute approximate surface area is 167 Å². The van der Waals surface area contributed by atoms with Gasteiger partial charge in [0, 0.05) is 6.42 Å². The highest BCUT2D eigenvalue weighted by Crippen LogP contribution is 2.08. The van der Waals surface area contributed by atoms with E-state index in [1.165, 1.54) is 0 Å². The van der Waals surface area contributed by atoms with Crippen LogP contribution in [0.25, 0.3) is 0 Å². The van der Waals surface area contributed by atoms with Crippen molar-refractivity contribution in [3.8, 4) is 0 Å². The maximum Gasteiger partial charge on any atom is 0.326 e. The first-order chi connectivity index (χ1) is 13.2. The molecule has 1 aromatic rings. The SMILES string of the molecule is CCCC[C@H](NC(=O)[C@H](Cc1ccccc1)NC(=O)[C@@H](N)CC(C)C)C(=O)O. The highest BCUT2D eigenvalue weighted by Gasteiger charge is 2.28. The van der Waals surface area contributed by atoms with Crippen molar-refractivity contribution in [2.45, 2.75) is 71.0 Å². The Kier molecular flexibility index (Phi) is 10.2. The molecule has 7 nitrogen and oxygen atoms in total. The highest BCUT2D eigenvalue weighted by atomic mass is 16.4. The van der Waals surface area contributed by atoms with Crippen LogP contribution >= 0.6 is 0 Å². The molecule has 2 amide bonds. The van der Waals surface area contributed by atoms with Crippen LogP contribution in [0.3, 0.4) is 0 Å². The summed E-state index contributed by atoms with van der Waals surface area (Å²) < 4.78 is 0. The van der Waals surface area contributed by atoms with E-state index in [1.54, 1.807) is 0 Å². The minimum absolute atomic E-state index is 0.243. The summed E-state index contributed by atoms with van der Waals surface area (Å²) in [7, 11) is 0. The Bertz CT molecular complexity index is 634. The third-order valence-electron chi connectivity index (χ3n) is 4.44. The van der Waals surface area contributed by atoms with Crippen LogP contribution in [0.4, 0.5) is 0 Å². The highest BCUT2D eigenvalue weighted by molar-refractivity contribution is 5.91. The molecule has 7 heteroatoms. The topological polar surface area (TPSA) is 122 Å². The van der Waals surface area contributed by atoms with Gasteiger partial charge < -0.3 is 21.5 Å². The number of carbonyl (C=O) groups is 3. The molecule has 5 N–H and O–H groups in total. The van der Waals surface area contributed by atoms with Crippen LogP contribution in [-0.4, -0.2) is 41.0 Å². The van der Waals surface area contributed by atoms with E-state index in [0.717, 1.165) is 12.0 Å². The van der Waals surface area contributed by atoms with E-state index < -0.39 is 35.9 Å². The minimum atomic E-state index is -1.08. The van der Waals surface area contributed by atoms with Gasteiger partial charge in [0.2, 0.25) is 11.8 Å². The Hall–Kier alpha value is -2.41. The molecule has 156 valence electrons. The molecule has 28 heavy (non-hydrogen) atoms.